The number of nitrogens with zero attached hydrogens (tertiary/aromatic N) is 2. The largest absolute Gasteiger partial charge is 0.495 e. The summed E-state index contributed by atoms with van der Waals surface area (Å²) in [6.07, 6.45) is 3.32. The van der Waals surface area contributed by atoms with Gasteiger partial charge in [0.2, 0.25) is 11.8 Å². The van der Waals surface area contributed by atoms with Crippen LogP contribution in [0.1, 0.15) is 30.4 Å². The molecule has 2 aliphatic heterocycles. The Morgan fingerprint density at radius 1 is 1.23 bits per heavy atom. The number of likely N-dealkylation sites (tertiary alicyclic amines) is 1. The maximum absolute atomic E-state index is 12.7. The second-order valence-electron chi connectivity index (χ2n) is 5.98. The Morgan fingerprint density at radius 2 is 2.00 bits per heavy atom. The molecule has 118 valence electrons. The number of benzene rings is 1. The molecule has 0 spiro atoms. The standard InChI is InChI=1S/C17H22N2O3/c1-12-7-8-14(22-2)17-13(12)5-3-10-19(17)16(21)11-18-9-4-6-15(18)20/h7-8H,3-6,9-11H2,1-2H3. The van der Waals surface area contributed by atoms with Crippen LogP contribution in [0.15, 0.2) is 12.1 Å². The van der Waals surface area contributed by atoms with E-state index in [1.54, 1.807) is 16.9 Å². The van der Waals surface area contributed by atoms with E-state index >= 15 is 0 Å². The third kappa shape index (κ3) is 2.56. The number of hydrogen-bond acceptors (Lipinski definition) is 3. The number of anilines is 1. The Hall–Kier alpha value is -2.04. The van der Waals surface area contributed by atoms with Crippen LogP contribution in [0.2, 0.25) is 0 Å². The number of ether oxygens (including phenoxy) is 1. The summed E-state index contributed by atoms with van der Waals surface area (Å²) >= 11 is 0. The third-order valence-electron chi connectivity index (χ3n) is 4.58. The molecule has 0 radical (unpaired) electrons. The van der Waals surface area contributed by atoms with Gasteiger partial charge < -0.3 is 14.5 Å². The number of hydrogen-bond donors (Lipinski definition) is 0. The van der Waals surface area contributed by atoms with Gasteiger partial charge in [-0.15, -0.1) is 0 Å². The molecule has 0 unspecified atom stereocenters. The SMILES string of the molecule is COc1ccc(C)c2c1N(C(=O)CN1CCCC1=O)CCC2. The minimum atomic E-state index is -0.0138. The fourth-order valence-corrected chi connectivity index (χ4v) is 3.39. The molecule has 2 aliphatic rings. The van der Waals surface area contributed by atoms with Gasteiger partial charge >= 0.3 is 0 Å². The quantitative estimate of drug-likeness (QED) is 0.857. The van der Waals surface area contributed by atoms with Gasteiger partial charge in [0.25, 0.3) is 0 Å². The van der Waals surface area contributed by atoms with Crippen LogP contribution in [0.5, 0.6) is 5.75 Å². The van der Waals surface area contributed by atoms with Crippen molar-refractivity contribution < 1.29 is 14.3 Å². The smallest absolute Gasteiger partial charge is 0.246 e. The zero-order valence-electron chi connectivity index (χ0n) is 13.2. The van der Waals surface area contributed by atoms with E-state index in [4.69, 9.17) is 4.74 Å². The topological polar surface area (TPSA) is 49.9 Å². The molecule has 2 heterocycles. The van der Waals surface area contributed by atoms with Crippen LogP contribution in [0.25, 0.3) is 0 Å². The lowest BCUT2D eigenvalue weighted by Gasteiger charge is -2.33. The van der Waals surface area contributed by atoms with Crippen molar-refractivity contribution in [2.75, 3.05) is 31.6 Å². The van der Waals surface area contributed by atoms with Crippen LogP contribution >= 0.6 is 0 Å². The number of methoxy groups -OCH3 is 1. The van der Waals surface area contributed by atoms with Crippen LogP contribution < -0.4 is 9.64 Å². The van der Waals surface area contributed by atoms with Crippen molar-refractivity contribution in [1.82, 2.24) is 4.90 Å². The first kappa shape index (κ1) is 14.9. The summed E-state index contributed by atoms with van der Waals surface area (Å²) in [4.78, 5) is 27.9. The molecule has 22 heavy (non-hydrogen) atoms. The second-order valence-corrected chi connectivity index (χ2v) is 5.98. The van der Waals surface area contributed by atoms with Crippen LogP contribution in [0.3, 0.4) is 0 Å². The van der Waals surface area contributed by atoms with Gasteiger partial charge in [-0.2, -0.15) is 0 Å². The number of carbonyl (C=O) groups is 2. The van der Waals surface area contributed by atoms with E-state index in [1.807, 2.05) is 12.1 Å². The summed E-state index contributed by atoms with van der Waals surface area (Å²) in [5.41, 5.74) is 3.27. The van der Waals surface area contributed by atoms with Crippen LogP contribution in [0, 0.1) is 6.92 Å². The summed E-state index contributed by atoms with van der Waals surface area (Å²) in [7, 11) is 1.63. The van der Waals surface area contributed by atoms with E-state index in [2.05, 4.69) is 6.92 Å². The number of amides is 2. The maximum Gasteiger partial charge on any atom is 0.246 e. The minimum Gasteiger partial charge on any atom is -0.495 e. The summed E-state index contributed by atoms with van der Waals surface area (Å²) < 4.78 is 5.46. The molecular weight excluding hydrogens is 280 g/mol. The van der Waals surface area contributed by atoms with Crippen LogP contribution in [0.4, 0.5) is 5.69 Å². The van der Waals surface area contributed by atoms with E-state index in [9.17, 15) is 9.59 Å². The number of aryl methyl sites for hydroxylation is 1. The molecule has 0 N–H and O–H groups in total. The normalized spacial score (nSPS) is 17.6. The molecule has 1 aromatic carbocycles. The van der Waals surface area contributed by atoms with Gasteiger partial charge in [-0.05, 0) is 43.4 Å². The molecule has 1 fully saturated rings. The van der Waals surface area contributed by atoms with Crippen molar-refractivity contribution in [3.05, 3.63) is 23.3 Å². The number of rotatable bonds is 3. The fraction of sp³-hybridized carbons (Fsp3) is 0.529. The highest BCUT2D eigenvalue weighted by molar-refractivity contribution is 5.99. The Labute approximate surface area is 130 Å². The molecule has 0 bridgehead atoms. The van der Waals surface area contributed by atoms with Crippen molar-refractivity contribution >= 4 is 17.5 Å². The lowest BCUT2D eigenvalue weighted by Crippen LogP contribution is -2.43. The van der Waals surface area contributed by atoms with E-state index < -0.39 is 0 Å². The fourth-order valence-electron chi connectivity index (χ4n) is 3.39. The van der Waals surface area contributed by atoms with Gasteiger partial charge in [0, 0.05) is 19.5 Å². The molecule has 5 nitrogen and oxygen atoms in total. The van der Waals surface area contributed by atoms with Gasteiger partial charge in [-0.25, -0.2) is 0 Å². The molecule has 1 saturated heterocycles. The monoisotopic (exact) mass is 302 g/mol. The second kappa shape index (κ2) is 5.99. The molecule has 0 aliphatic carbocycles. The first-order chi connectivity index (χ1) is 10.6. The lowest BCUT2D eigenvalue weighted by atomic mass is 9.96. The third-order valence-corrected chi connectivity index (χ3v) is 4.58. The Morgan fingerprint density at radius 3 is 2.68 bits per heavy atom. The Balaban J connectivity index is 1.89. The molecule has 3 rings (SSSR count). The molecule has 0 atom stereocenters. The van der Waals surface area contributed by atoms with Crippen molar-refractivity contribution in [1.29, 1.82) is 0 Å². The van der Waals surface area contributed by atoms with Gasteiger partial charge in [0.1, 0.15) is 12.3 Å². The van der Waals surface area contributed by atoms with E-state index in [0.717, 1.165) is 30.7 Å². The highest BCUT2D eigenvalue weighted by Crippen LogP contribution is 2.38. The molecule has 5 heteroatoms. The molecular formula is C17H22N2O3. The predicted molar refractivity (Wildman–Crippen MR) is 84.2 cm³/mol. The van der Waals surface area contributed by atoms with E-state index in [0.29, 0.717) is 19.5 Å². The maximum atomic E-state index is 12.7. The van der Waals surface area contributed by atoms with Crippen molar-refractivity contribution in [2.45, 2.75) is 32.6 Å². The lowest BCUT2D eigenvalue weighted by molar-refractivity contribution is -0.132. The van der Waals surface area contributed by atoms with E-state index in [-0.39, 0.29) is 18.4 Å². The van der Waals surface area contributed by atoms with Crippen molar-refractivity contribution in [3.63, 3.8) is 0 Å². The zero-order chi connectivity index (χ0) is 15.7. The molecule has 2 amide bonds. The van der Waals surface area contributed by atoms with Gasteiger partial charge in [-0.1, -0.05) is 6.07 Å². The zero-order valence-corrected chi connectivity index (χ0v) is 13.2. The predicted octanol–water partition coefficient (Wildman–Crippen LogP) is 1.91. The van der Waals surface area contributed by atoms with Crippen LogP contribution in [-0.2, 0) is 16.0 Å². The molecule has 0 aromatic heterocycles. The van der Waals surface area contributed by atoms with Crippen molar-refractivity contribution in [3.8, 4) is 5.75 Å². The highest BCUT2D eigenvalue weighted by atomic mass is 16.5. The highest BCUT2D eigenvalue weighted by Gasteiger charge is 2.30. The summed E-state index contributed by atoms with van der Waals surface area (Å²) in [6, 6.07) is 3.95. The number of carbonyl (C=O) groups excluding carboxylic acids is 2. The Kier molecular flexibility index (Phi) is 4.05. The molecule has 0 saturated carbocycles. The first-order valence-corrected chi connectivity index (χ1v) is 7.86. The summed E-state index contributed by atoms with van der Waals surface area (Å²) in [6.45, 7) is 3.62. The average molecular weight is 302 g/mol. The minimum absolute atomic E-state index is 0.0138. The van der Waals surface area contributed by atoms with Gasteiger partial charge in [-0.3, -0.25) is 9.59 Å². The van der Waals surface area contributed by atoms with Crippen molar-refractivity contribution in [2.24, 2.45) is 0 Å². The van der Waals surface area contributed by atoms with Crippen LogP contribution in [-0.4, -0.2) is 43.5 Å². The van der Waals surface area contributed by atoms with Gasteiger partial charge in [0.05, 0.1) is 12.8 Å². The van der Waals surface area contributed by atoms with E-state index in [1.165, 1.54) is 11.1 Å². The summed E-state index contributed by atoms with van der Waals surface area (Å²) in [5, 5.41) is 0. The first-order valence-electron chi connectivity index (χ1n) is 7.86. The number of fused-ring (bicyclic) bond motifs is 1. The Bertz CT molecular complexity index is 612. The molecule has 1 aromatic rings. The average Bonchev–Trinajstić information content (AvgIpc) is 2.92. The summed E-state index contributed by atoms with van der Waals surface area (Å²) in [5.74, 6) is 0.809. The van der Waals surface area contributed by atoms with Gasteiger partial charge in [0.15, 0.2) is 0 Å².